The summed E-state index contributed by atoms with van der Waals surface area (Å²) in [6, 6.07) is 4.15. The van der Waals surface area contributed by atoms with Crippen LogP contribution in [0.5, 0.6) is 0 Å². The first-order chi connectivity index (χ1) is 8.58. The summed E-state index contributed by atoms with van der Waals surface area (Å²) in [5.41, 5.74) is -1.03. The number of alkyl halides is 1. The lowest BCUT2D eigenvalue weighted by Gasteiger charge is -2.38. The smallest absolute Gasteiger partial charge is 0.423 e. The summed E-state index contributed by atoms with van der Waals surface area (Å²) in [6.07, 6.45) is 0. The monoisotopic (exact) mass is 332 g/mol. The molecule has 0 spiro atoms. The molecule has 2 N–H and O–H groups in total. The predicted molar refractivity (Wildman–Crippen MR) is 78.1 cm³/mol. The maximum atomic E-state index is 13.3. The molecule has 0 aromatic heterocycles. The Morgan fingerprint density at radius 2 is 1.89 bits per heavy atom. The molecule has 0 heterocycles. The van der Waals surface area contributed by atoms with Crippen LogP contribution in [0.3, 0.4) is 0 Å². The molecule has 0 saturated heterocycles. The molecule has 1 aromatic carbocycles. The van der Waals surface area contributed by atoms with Crippen molar-refractivity contribution in [2.24, 2.45) is 0 Å². The summed E-state index contributed by atoms with van der Waals surface area (Å²) in [5.74, 6) is -0.441. The van der Waals surface area contributed by atoms with Crippen LogP contribution in [0.15, 0.2) is 18.2 Å². The van der Waals surface area contributed by atoms with E-state index in [4.69, 9.17) is 4.65 Å². The van der Waals surface area contributed by atoms with Gasteiger partial charge in [0.2, 0.25) is 0 Å². The molecule has 0 bridgehead atoms. The van der Waals surface area contributed by atoms with Gasteiger partial charge in [-0.3, -0.25) is 0 Å². The van der Waals surface area contributed by atoms with Crippen molar-refractivity contribution in [3.8, 4) is 0 Å². The van der Waals surface area contributed by atoms with Crippen LogP contribution in [0.4, 0.5) is 4.39 Å². The van der Waals surface area contributed by atoms with Gasteiger partial charge in [0.15, 0.2) is 0 Å². The molecule has 0 saturated carbocycles. The molecule has 0 radical (unpaired) electrons. The Labute approximate surface area is 122 Å². The minimum absolute atomic E-state index is 0.356. The van der Waals surface area contributed by atoms with E-state index in [1.54, 1.807) is 33.8 Å². The van der Waals surface area contributed by atoms with Gasteiger partial charge in [-0.15, -0.1) is 0 Å². The lowest BCUT2D eigenvalue weighted by atomic mass is 9.74. The van der Waals surface area contributed by atoms with Crippen LogP contribution in [-0.4, -0.2) is 28.5 Å². The molecular weight excluding hydrogens is 314 g/mol. The Kier molecular flexibility index (Phi) is 5.18. The standard InChI is InChI=1S/C13H19BBrFO3/c1-12(2,17)13(3,4)19-14(18)11-7-10(16)6-5-9(11)8-15/h5-7,17-18H,8H2,1-4H3. The number of rotatable bonds is 5. The minimum atomic E-state index is -1.30. The average molecular weight is 333 g/mol. The molecule has 1 rings (SSSR count). The Bertz CT molecular complexity index is 446. The number of hydrogen-bond acceptors (Lipinski definition) is 3. The highest BCUT2D eigenvalue weighted by Gasteiger charge is 2.40. The topological polar surface area (TPSA) is 49.7 Å². The van der Waals surface area contributed by atoms with Gasteiger partial charge < -0.3 is 14.8 Å². The van der Waals surface area contributed by atoms with Gasteiger partial charge >= 0.3 is 7.12 Å². The van der Waals surface area contributed by atoms with E-state index in [9.17, 15) is 14.5 Å². The third-order valence-corrected chi connectivity index (χ3v) is 4.00. The molecule has 0 aliphatic carbocycles. The SMILES string of the molecule is CC(C)(O)C(C)(C)OB(O)c1cc(F)ccc1CBr. The molecule has 106 valence electrons. The van der Waals surface area contributed by atoms with E-state index in [1.165, 1.54) is 12.1 Å². The van der Waals surface area contributed by atoms with Crippen LogP contribution in [0.1, 0.15) is 33.3 Å². The van der Waals surface area contributed by atoms with E-state index in [1.807, 2.05) is 0 Å². The maximum Gasteiger partial charge on any atom is 0.492 e. The molecule has 3 nitrogen and oxygen atoms in total. The first-order valence-electron chi connectivity index (χ1n) is 6.01. The summed E-state index contributed by atoms with van der Waals surface area (Å²) in [5, 5.41) is 20.6. The van der Waals surface area contributed by atoms with Crippen LogP contribution in [0, 0.1) is 5.82 Å². The summed E-state index contributed by atoms with van der Waals surface area (Å²) in [6.45, 7) is 6.53. The van der Waals surface area contributed by atoms with E-state index in [-0.39, 0.29) is 0 Å². The van der Waals surface area contributed by atoms with E-state index >= 15 is 0 Å². The molecular formula is C13H19BBrFO3. The van der Waals surface area contributed by atoms with Gasteiger partial charge in [-0.2, -0.15) is 0 Å². The van der Waals surface area contributed by atoms with Gasteiger partial charge in [0.25, 0.3) is 0 Å². The maximum absolute atomic E-state index is 13.3. The zero-order valence-electron chi connectivity index (χ0n) is 11.6. The summed E-state index contributed by atoms with van der Waals surface area (Å²) in [7, 11) is -1.30. The molecule has 0 aliphatic rings. The number of halogens is 2. The highest BCUT2D eigenvalue weighted by atomic mass is 79.9. The van der Waals surface area contributed by atoms with Crippen molar-refractivity contribution in [2.75, 3.05) is 0 Å². The quantitative estimate of drug-likeness (QED) is 0.640. The third-order valence-electron chi connectivity index (χ3n) is 3.40. The van der Waals surface area contributed by atoms with Gasteiger partial charge in [-0.1, -0.05) is 22.0 Å². The van der Waals surface area contributed by atoms with Crippen molar-refractivity contribution < 1.29 is 19.2 Å². The van der Waals surface area contributed by atoms with Crippen molar-refractivity contribution in [1.82, 2.24) is 0 Å². The van der Waals surface area contributed by atoms with Crippen molar-refractivity contribution in [3.63, 3.8) is 0 Å². The number of hydrogen-bond donors (Lipinski definition) is 2. The Morgan fingerprint density at radius 3 is 2.37 bits per heavy atom. The van der Waals surface area contributed by atoms with Crippen LogP contribution in [-0.2, 0) is 9.98 Å². The number of aliphatic hydroxyl groups is 1. The average Bonchev–Trinajstić information content (AvgIpc) is 2.26. The van der Waals surface area contributed by atoms with Gasteiger partial charge in [-0.05, 0) is 50.9 Å². The normalized spacial score (nSPS) is 12.6. The summed E-state index contributed by atoms with van der Waals surface area (Å²) >= 11 is 3.28. The molecule has 0 amide bonds. The second-order valence-corrected chi connectivity index (χ2v) is 6.08. The van der Waals surface area contributed by atoms with E-state index in [0.717, 1.165) is 5.56 Å². The molecule has 0 aliphatic heterocycles. The largest absolute Gasteiger partial charge is 0.492 e. The van der Waals surface area contributed by atoms with Crippen molar-refractivity contribution in [1.29, 1.82) is 0 Å². The van der Waals surface area contributed by atoms with Crippen LogP contribution in [0.2, 0.25) is 0 Å². The van der Waals surface area contributed by atoms with Crippen LogP contribution < -0.4 is 5.46 Å². The summed E-state index contributed by atoms with van der Waals surface area (Å²) < 4.78 is 18.8. The number of benzene rings is 1. The second-order valence-electron chi connectivity index (χ2n) is 5.52. The fraction of sp³-hybridized carbons (Fsp3) is 0.538. The lowest BCUT2D eigenvalue weighted by molar-refractivity contribution is -0.0982. The van der Waals surface area contributed by atoms with Crippen molar-refractivity contribution in [2.45, 2.75) is 44.2 Å². The van der Waals surface area contributed by atoms with E-state index < -0.39 is 24.1 Å². The van der Waals surface area contributed by atoms with Crippen LogP contribution in [0.25, 0.3) is 0 Å². The minimum Gasteiger partial charge on any atom is -0.423 e. The summed E-state index contributed by atoms with van der Waals surface area (Å²) in [4.78, 5) is 0. The molecule has 0 unspecified atom stereocenters. The van der Waals surface area contributed by atoms with E-state index in [0.29, 0.717) is 10.8 Å². The van der Waals surface area contributed by atoms with Crippen molar-refractivity contribution in [3.05, 3.63) is 29.6 Å². The predicted octanol–water partition coefficient (Wildman–Crippen LogP) is 1.97. The molecule has 19 heavy (non-hydrogen) atoms. The van der Waals surface area contributed by atoms with Gasteiger partial charge in [0.05, 0.1) is 11.2 Å². The first-order valence-corrected chi connectivity index (χ1v) is 7.13. The molecule has 0 atom stereocenters. The van der Waals surface area contributed by atoms with E-state index in [2.05, 4.69) is 15.9 Å². The second kappa shape index (κ2) is 5.91. The fourth-order valence-electron chi connectivity index (χ4n) is 1.40. The zero-order valence-corrected chi connectivity index (χ0v) is 13.2. The zero-order chi connectivity index (χ0) is 14.8. The Hall–Kier alpha value is -0.425. The Balaban J connectivity index is 3.01. The van der Waals surface area contributed by atoms with Gasteiger partial charge in [-0.25, -0.2) is 4.39 Å². The first kappa shape index (κ1) is 16.6. The third kappa shape index (κ3) is 4.02. The lowest BCUT2D eigenvalue weighted by Crippen LogP contribution is -2.53. The highest BCUT2D eigenvalue weighted by molar-refractivity contribution is 9.08. The van der Waals surface area contributed by atoms with Gasteiger partial charge in [0.1, 0.15) is 5.82 Å². The molecule has 6 heteroatoms. The molecule has 1 aromatic rings. The molecule has 0 fully saturated rings. The Morgan fingerprint density at radius 1 is 1.32 bits per heavy atom. The highest BCUT2D eigenvalue weighted by Crippen LogP contribution is 2.25. The van der Waals surface area contributed by atoms with Gasteiger partial charge in [0, 0.05) is 5.33 Å². The van der Waals surface area contributed by atoms with Crippen molar-refractivity contribution >= 4 is 28.5 Å². The van der Waals surface area contributed by atoms with Crippen LogP contribution >= 0.6 is 15.9 Å². The fourth-order valence-corrected chi connectivity index (χ4v) is 1.91.